The summed E-state index contributed by atoms with van der Waals surface area (Å²) in [4.78, 5) is 16.0. The molecule has 0 atom stereocenters. The van der Waals surface area contributed by atoms with Crippen LogP contribution in [0.2, 0.25) is 0 Å². The van der Waals surface area contributed by atoms with Gasteiger partial charge in [0.15, 0.2) is 0 Å². The van der Waals surface area contributed by atoms with E-state index in [9.17, 15) is 4.79 Å². The molecule has 1 aromatic rings. The van der Waals surface area contributed by atoms with Gasteiger partial charge in [0.05, 0.1) is 0 Å². The summed E-state index contributed by atoms with van der Waals surface area (Å²) in [5.74, 6) is 5.23. The maximum absolute atomic E-state index is 11.9. The Hall–Kier alpha value is -2.05. The summed E-state index contributed by atoms with van der Waals surface area (Å²) in [7, 11) is 2.13. The number of nitrogens with zero attached hydrogens (tertiary/aromatic N) is 2. The Balaban J connectivity index is 2.68. The first-order valence-electron chi connectivity index (χ1n) is 9.52. The van der Waals surface area contributed by atoms with Gasteiger partial charge in [-0.25, -0.2) is 0 Å². The zero-order valence-corrected chi connectivity index (χ0v) is 17.4. The molecule has 0 saturated carbocycles. The van der Waals surface area contributed by atoms with Crippen LogP contribution in [0.4, 0.5) is 0 Å². The van der Waals surface area contributed by atoms with Gasteiger partial charge in [-0.3, -0.25) is 4.79 Å². The minimum atomic E-state index is -0.0745. The van der Waals surface area contributed by atoms with Gasteiger partial charge in [0, 0.05) is 19.6 Å². The predicted octanol–water partition coefficient (Wildman–Crippen LogP) is 4.28. The zero-order chi connectivity index (χ0) is 19.7. The summed E-state index contributed by atoms with van der Waals surface area (Å²) in [6.45, 7) is 17.6. The number of aryl methyl sites for hydroxylation is 1. The molecule has 0 aliphatic carbocycles. The summed E-state index contributed by atoms with van der Waals surface area (Å²) < 4.78 is 0. The summed E-state index contributed by atoms with van der Waals surface area (Å²) in [5, 5.41) is 0. The lowest BCUT2D eigenvalue weighted by Crippen LogP contribution is -2.32. The number of hydrogen-bond acceptors (Lipinski definition) is 2. The Morgan fingerprint density at radius 3 is 2.46 bits per heavy atom. The van der Waals surface area contributed by atoms with Crippen molar-refractivity contribution in [1.29, 1.82) is 0 Å². The third-order valence-electron chi connectivity index (χ3n) is 4.67. The molecule has 0 unspecified atom stereocenters. The van der Waals surface area contributed by atoms with E-state index in [0.717, 1.165) is 38.0 Å². The van der Waals surface area contributed by atoms with E-state index in [1.165, 1.54) is 22.3 Å². The van der Waals surface area contributed by atoms with E-state index in [-0.39, 0.29) is 5.91 Å². The Morgan fingerprint density at radius 1 is 1.23 bits per heavy atom. The standard InChI is InChI=1S/C23H34N2O/c1-8-12-23(26)25(10-3)14-11-13-24(7)17-20-15-19(6)21(9-2)22(16-20)18(4)5/h15-16H,4,9-11,13-14,17H2,1-3,5-7H3. The normalized spacial score (nSPS) is 10.4. The second-order valence-corrected chi connectivity index (χ2v) is 6.92. The van der Waals surface area contributed by atoms with Crippen LogP contribution in [0.25, 0.3) is 5.57 Å². The van der Waals surface area contributed by atoms with Crippen LogP contribution in [0.1, 0.15) is 56.4 Å². The fourth-order valence-corrected chi connectivity index (χ4v) is 3.34. The lowest BCUT2D eigenvalue weighted by Gasteiger charge is -2.22. The van der Waals surface area contributed by atoms with Crippen LogP contribution in [0, 0.1) is 18.8 Å². The molecule has 0 radical (unpaired) electrons. The first kappa shape index (κ1) is 22.0. The third kappa shape index (κ3) is 6.35. The van der Waals surface area contributed by atoms with E-state index in [4.69, 9.17) is 0 Å². The number of amides is 1. The minimum absolute atomic E-state index is 0.0745. The second-order valence-electron chi connectivity index (χ2n) is 6.92. The summed E-state index contributed by atoms with van der Waals surface area (Å²) in [6.07, 6.45) is 1.98. The van der Waals surface area contributed by atoms with Gasteiger partial charge in [-0.15, -0.1) is 0 Å². The average molecular weight is 355 g/mol. The number of carbonyl (C=O) groups is 1. The maximum Gasteiger partial charge on any atom is 0.298 e. The van der Waals surface area contributed by atoms with Gasteiger partial charge < -0.3 is 9.80 Å². The predicted molar refractivity (Wildman–Crippen MR) is 112 cm³/mol. The Bertz CT molecular complexity index is 694. The van der Waals surface area contributed by atoms with Gasteiger partial charge in [0.1, 0.15) is 0 Å². The first-order chi connectivity index (χ1) is 12.3. The molecule has 0 aliphatic heterocycles. The van der Waals surface area contributed by atoms with Crippen molar-refractivity contribution in [3.05, 3.63) is 41.0 Å². The molecule has 1 rings (SSSR count). The smallest absolute Gasteiger partial charge is 0.298 e. The van der Waals surface area contributed by atoms with Crippen LogP contribution < -0.4 is 0 Å². The average Bonchev–Trinajstić information content (AvgIpc) is 2.58. The molecule has 1 aromatic carbocycles. The molecule has 1 amide bonds. The highest BCUT2D eigenvalue weighted by molar-refractivity contribution is 5.93. The van der Waals surface area contributed by atoms with Gasteiger partial charge in [-0.05, 0) is 88.4 Å². The van der Waals surface area contributed by atoms with Gasteiger partial charge >= 0.3 is 0 Å². The first-order valence-corrected chi connectivity index (χ1v) is 9.52. The van der Waals surface area contributed by atoms with E-state index in [0.29, 0.717) is 6.54 Å². The molecule has 142 valence electrons. The van der Waals surface area contributed by atoms with Gasteiger partial charge in [-0.2, -0.15) is 0 Å². The maximum atomic E-state index is 11.9. The quantitative estimate of drug-likeness (QED) is 0.618. The number of benzene rings is 1. The monoisotopic (exact) mass is 354 g/mol. The Kier molecular flexibility index (Phi) is 9.16. The Labute approximate surface area is 160 Å². The van der Waals surface area contributed by atoms with Crippen LogP contribution in [0.15, 0.2) is 18.7 Å². The van der Waals surface area contributed by atoms with Crippen LogP contribution >= 0.6 is 0 Å². The summed E-state index contributed by atoms with van der Waals surface area (Å²) in [5.41, 5.74) is 6.48. The highest BCUT2D eigenvalue weighted by Gasteiger charge is 2.11. The van der Waals surface area contributed by atoms with E-state index < -0.39 is 0 Å². The molecule has 3 heteroatoms. The topological polar surface area (TPSA) is 23.6 Å². The molecular weight excluding hydrogens is 320 g/mol. The summed E-state index contributed by atoms with van der Waals surface area (Å²) in [6, 6.07) is 4.57. The largest absolute Gasteiger partial charge is 0.332 e. The molecule has 0 bridgehead atoms. The molecule has 0 N–H and O–H groups in total. The van der Waals surface area contributed by atoms with Gasteiger partial charge in [0.2, 0.25) is 0 Å². The lowest BCUT2D eigenvalue weighted by molar-refractivity contribution is -0.125. The van der Waals surface area contributed by atoms with Crippen molar-refractivity contribution in [1.82, 2.24) is 9.80 Å². The van der Waals surface area contributed by atoms with Crippen molar-refractivity contribution >= 4 is 11.5 Å². The number of allylic oxidation sites excluding steroid dienone is 1. The fraction of sp³-hybridized carbons (Fsp3) is 0.522. The van der Waals surface area contributed by atoms with E-state index in [1.54, 1.807) is 6.92 Å². The van der Waals surface area contributed by atoms with Crippen molar-refractivity contribution in [2.75, 3.05) is 26.7 Å². The molecule has 0 aromatic heterocycles. The third-order valence-corrected chi connectivity index (χ3v) is 4.67. The van der Waals surface area contributed by atoms with Crippen molar-refractivity contribution in [2.45, 2.75) is 54.0 Å². The van der Waals surface area contributed by atoms with E-state index in [1.807, 2.05) is 11.8 Å². The van der Waals surface area contributed by atoms with Crippen LogP contribution in [-0.4, -0.2) is 42.4 Å². The molecule has 3 nitrogen and oxygen atoms in total. The molecule has 0 heterocycles. The zero-order valence-electron chi connectivity index (χ0n) is 17.4. The van der Waals surface area contributed by atoms with E-state index in [2.05, 4.69) is 63.3 Å². The minimum Gasteiger partial charge on any atom is -0.332 e. The van der Waals surface area contributed by atoms with Gasteiger partial charge in [-0.1, -0.05) is 31.1 Å². The van der Waals surface area contributed by atoms with Crippen molar-refractivity contribution in [3.63, 3.8) is 0 Å². The molecule has 0 spiro atoms. The number of rotatable bonds is 9. The highest BCUT2D eigenvalue weighted by atomic mass is 16.2. The SMILES string of the molecule is C=C(C)c1cc(CN(C)CCCN(CC)C(=O)C#CC)cc(C)c1CC. The highest BCUT2D eigenvalue weighted by Crippen LogP contribution is 2.24. The second kappa shape index (κ2) is 10.8. The summed E-state index contributed by atoms with van der Waals surface area (Å²) >= 11 is 0. The van der Waals surface area contributed by atoms with Crippen LogP contribution in [0.3, 0.4) is 0 Å². The molecule has 0 saturated heterocycles. The van der Waals surface area contributed by atoms with Crippen molar-refractivity contribution < 1.29 is 4.79 Å². The molecule has 0 aliphatic rings. The van der Waals surface area contributed by atoms with Crippen molar-refractivity contribution in [3.8, 4) is 11.8 Å². The van der Waals surface area contributed by atoms with Crippen LogP contribution in [0.5, 0.6) is 0 Å². The van der Waals surface area contributed by atoms with E-state index >= 15 is 0 Å². The van der Waals surface area contributed by atoms with Gasteiger partial charge in [0.25, 0.3) is 5.91 Å². The number of carbonyl (C=O) groups excluding carboxylic acids is 1. The van der Waals surface area contributed by atoms with Crippen LogP contribution in [-0.2, 0) is 17.8 Å². The Morgan fingerprint density at radius 2 is 1.92 bits per heavy atom. The fourth-order valence-electron chi connectivity index (χ4n) is 3.34. The molecular formula is C23H34N2O. The lowest BCUT2D eigenvalue weighted by atomic mass is 9.93. The molecule has 26 heavy (non-hydrogen) atoms. The molecule has 0 fully saturated rings. The van der Waals surface area contributed by atoms with Crippen molar-refractivity contribution in [2.24, 2.45) is 0 Å². The number of hydrogen-bond donors (Lipinski definition) is 0.